The lowest BCUT2D eigenvalue weighted by atomic mass is 10.1. The molecule has 6 heteroatoms. The number of benzene rings is 2. The summed E-state index contributed by atoms with van der Waals surface area (Å²) in [4.78, 5) is 0. The molecule has 0 amide bonds. The Balaban J connectivity index is 1.59. The quantitative estimate of drug-likeness (QED) is 0.741. The zero-order chi connectivity index (χ0) is 17.3. The van der Waals surface area contributed by atoms with Gasteiger partial charge in [-0.05, 0) is 34.4 Å². The molecule has 0 aliphatic carbocycles. The van der Waals surface area contributed by atoms with Crippen molar-refractivity contribution in [2.45, 2.75) is 25.7 Å². The van der Waals surface area contributed by atoms with Crippen molar-refractivity contribution >= 4 is 29.1 Å². The normalized spacial score (nSPS) is 18.5. The minimum atomic E-state index is -1.21. The second-order valence-electron chi connectivity index (χ2n) is 7.08. The van der Waals surface area contributed by atoms with E-state index in [0.29, 0.717) is 26.4 Å². The third kappa shape index (κ3) is 2.06. The molecule has 0 saturated heterocycles. The molecule has 0 radical (unpaired) electrons. The summed E-state index contributed by atoms with van der Waals surface area (Å²) < 4.78 is 24.0. The van der Waals surface area contributed by atoms with E-state index in [1.165, 1.54) is 22.3 Å². The molecule has 0 saturated carbocycles. The van der Waals surface area contributed by atoms with Crippen LogP contribution in [0, 0.1) is 0 Å². The Bertz CT molecular complexity index is 802. The van der Waals surface area contributed by atoms with Crippen LogP contribution in [0.2, 0.25) is 0 Å². The molecule has 0 bridgehead atoms. The van der Waals surface area contributed by atoms with Gasteiger partial charge in [0.2, 0.25) is 0 Å². The predicted molar refractivity (Wildman–Crippen MR) is 102 cm³/mol. The van der Waals surface area contributed by atoms with Crippen molar-refractivity contribution in [3.05, 3.63) is 34.4 Å². The van der Waals surface area contributed by atoms with Crippen molar-refractivity contribution in [2.75, 3.05) is 26.4 Å². The molecule has 0 aromatic heterocycles. The van der Waals surface area contributed by atoms with Gasteiger partial charge in [0.25, 0.3) is 0 Å². The van der Waals surface area contributed by atoms with Crippen molar-refractivity contribution < 1.29 is 18.9 Å². The van der Waals surface area contributed by atoms with Gasteiger partial charge in [-0.1, -0.05) is 11.2 Å². The van der Waals surface area contributed by atoms with Crippen molar-refractivity contribution in [3.63, 3.8) is 0 Å². The van der Waals surface area contributed by atoms with Gasteiger partial charge < -0.3 is 18.9 Å². The van der Waals surface area contributed by atoms with Gasteiger partial charge in [-0.3, -0.25) is 0 Å². The minimum absolute atomic E-state index is 0.712. The van der Waals surface area contributed by atoms with Gasteiger partial charge in [-0.2, -0.15) is 0 Å². The largest absolute Gasteiger partial charge is 0.492 e. The van der Waals surface area contributed by atoms with Gasteiger partial charge in [0, 0.05) is 25.7 Å². The molecule has 0 fully saturated rings. The first-order valence-corrected chi connectivity index (χ1v) is 11.4. The summed E-state index contributed by atoms with van der Waals surface area (Å²) in [6.45, 7) is 2.85. The maximum atomic E-state index is 7.21. The van der Waals surface area contributed by atoms with Crippen LogP contribution in [0.15, 0.2) is 12.1 Å². The SMILES string of the molecule is ClP(c1c2c(cc3c1OCC3)CCO2)c1c2c(cc3c1OCC3)CCO2. The molecule has 4 heterocycles. The van der Waals surface area contributed by atoms with E-state index in [1.807, 2.05) is 0 Å². The van der Waals surface area contributed by atoms with E-state index in [1.54, 1.807) is 0 Å². The Morgan fingerprint density at radius 2 is 0.885 bits per heavy atom. The summed E-state index contributed by atoms with van der Waals surface area (Å²) in [6.07, 6.45) is 3.75. The molecule has 0 atom stereocenters. The maximum Gasteiger partial charge on any atom is 0.135 e. The molecule has 2 aromatic carbocycles. The van der Waals surface area contributed by atoms with Crippen LogP contribution in [0.1, 0.15) is 22.3 Å². The van der Waals surface area contributed by atoms with Gasteiger partial charge in [-0.15, -0.1) is 0 Å². The number of halogens is 1. The second kappa shape index (κ2) is 5.68. The van der Waals surface area contributed by atoms with Gasteiger partial charge in [0.05, 0.1) is 44.3 Å². The van der Waals surface area contributed by atoms with Crippen molar-refractivity contribution in [3.8, 4) is 23.0 Å². The highest BCUT2D eigenvalue weighted by molar-refractivity contribution is 7.96. The van der Waals surface area contributed by atoms with Crippen LogP contribution in [-0.2, 0) is 25.7 Å². The molecule has 4 aliphatic heterocycles. The zero-order valence-electron chi connectivity index (χ0n) is 14.3. The Labute approximate surface area is 157 Å². The molecule has 4 nitrogen and oxygen atoms in total. The van der Waals surface area contributed by atoms with Crippen LogP contribution < -0.4 is 29.6 Å². The predicted octanol–water partition coefficient (Wildman–Crippen LogP) is 3.01. The van der Waals surface area contributed by atoms with Crippen LogP contribution >= 0.6 is 18.5 Å². The fourth-order valence-corrected chi connectivity index (χ4v) is 7.10. The van der Waals surface area contributed by atoms with Gasteiger partial charge in [0.15, 0.2) is 0 Å². The van der Waals surface area contributed by atoms with E-state index in [-0.39, 0.29) is 0 Å². The average molecular weight is 389 g/mol. The van der Waals surface area contributed by atoms with E-state index >= 15 is 0 Å². The molecule has 4 aliphatic rings. The minimum Gasteiger partial charge on any atom is -0.492 e. The highest BCUT2D eigenvalue weighted by atomic mass is 35.7. The highest BCUT2D eigenvalue weighted by Crippen LogP contribution is 2.55. The van der Waals surface area contributed by atoms with Crippen molar-refractivity contribution in [2.24, 2.45) is 0 Å². The lowest BCUT2D eigenvalue weighted by Gasteiger charge is -2.21. The summed E-state index contributed by atoms with van der Waals surface area (Å²) in [7, 11) is -1.21. The smallest absolute Gasteiger partial charge is 0.135 e. The summed E-state index contributed by atoms with van der Waals surface area (Å²) in [5.41, 5.74) is 5.01. The summed E-state index contributed by atoms with van der Waals surface area (Å²) in [5.74, 6) is 3.70. The van der Waals surface area contributed by atoms with Crippen LogP contribution in [0.4, 0.5) is 0 Å². The summed E-state index contributed by atoms with van der Waals surface area (Å²) in [5, 5.41) is 2.04. The van der Waals surface area contributed by atoms with Crippen LogP contribution in [0.25, 0.3) is 0 Å². The first-order chi connectivity index (χ1) is 12.8. The fourth-order valence-electron chi connectivity index (χ4n) is 4.41. The van der Waals surface area contributed by atoms with Crippen molar-refractivity contribution in [1.29, 1.82) is 0 Å². The zero-order valence-corrected chi connectivity index (χ0v) is 15.9. The number of ether oxygens (including phenoxy) is 4. The molecule has 6 rings (SSSR count). The van der Waals surface area contributed by atoms with Gasteiger partial charge in [-0.25, -0.2) is 0 Å². The third-order valence-corrected chi connectivity index (χ3v) is 8.20. The number of fused-ring (bicyclic) bond motifs is 4. The monoisotopic (exact) mass is 388 g/mol. The molecule has 0 N–H and O–H groups in total. The Morgan fingerprint density at radius 3 is 1.19 bits per heavy atom. The standard InChI is InChI=1S/C20H18ClO4P/c21-26(19-15-11(1-5-22-15)9-12-2-6-23-16(12)19)20-17-13(3-7-24-17)10-14-4-8-25-18(14)20/h9-10H,1-8H2. The lowest BCUT2D eigenvalue weighted by Crippen LogP contribution is -2.17. The molecule has 26 heavy (non-hydrogen) atoms. The molecule has 0 unspecified atom stereocenters. The first-order valence-electron chi connectivity index (χ1n) is 9.16. The first kappa shape index (κ1) is 15.4. The molecular weight excluding hydrogens is 371 g/mol. The van der Waals surface area contributed by atoms with E-state index in [9.17, 15) is 0 Å². The molecule has 2 aromatic rings. The molecule has 134 valence electrons. The number of hydrogen-bond acceptors (Lipinski definition) is 4. The fraction of sp³-hybridized carbons (Fsp3) is 0.400. The van der Waals surface area contributed by atoms with Crippen LogP contribution in [0.5, 0.6) is 23.0 Å². The number of rotatable bonds is 2. The van der Waals surface area contributed by atoms with E-state index < -0.39 is 7.27 Å². The maximum absolute atomic E-state index is 7.21. The Morgan fingerprint density at radius 1 is 0.577 bits per heavy atom. The number of hydrogen-bond donors (Lipinski definition) is 0. The molecular formula is C20H18ClO4P. The highest BCUT2D eigenvalue weighted by Gasteiger charge is 2.37. The van der Waals surface area contributed by atoms with E-state index in [0.717, 1.165) is 59.3 Å². The van der Waals surface area contributed by atoms with E-state index in [2.05, 4.69) is 12.1 Å². The molecule has 0 spiro atoms. The van der Waals surface area contributed by atoms with Crippen LogP contribution in [0.3, 0.4) is 0 Å². The van der Waals surface area contributed by atoms with E-state index in [4.69, 9.17) is 30.2 Å². The van der Waals surface area contributed by atoms with Crippen molar-refractivity contribution in [1.82, 2.24) is 0 Å². The van der Waals surface area contributed by atoms with Gasteiger partial charge >= 0.3 is 0 Å². The van der Waals surface area contributed by atoms with Crippen LogP contribution in [-0.4, -0.2) is 26.4 Å². The summed E-state index contributed by atoms with van der Waals surface area (Å²) in [6, 6.07) is 4.47. The third-order valence-electron chi connectivity index (χ3n) is 5.59. The average Bonchev–Trinajstić information content (AvgIpc) is 3.42. The second-order valence-corrected chi connectivity index (χ2v) is 9.55. The topological polar surface area (TPSA) is 36.9 Å². The summed E-state index contributed by atoms with van der Waals surface area (Å²) >= 11 is 7.21. The Hall–Kier alpha value is -1.64. The lowest BCUT2D eigenvalue weighted by molar-refractivity contribution is 0.346. The van der Waals surface area contributed by atoms with Gasteiger partial charge in [0.1, 0.15) is 23.0 Å². The Kier molecular flexibility index (Phi) is 3.37.